The van der Waals surface area contributed by atoms with E-state index in [9.17, 15) is 18.3 Å². The zero-order chi connectivity index (χ0) is 23.0. The predicted octanol–water partition coefficient (Wildman–Crippen LogP) is 4.28. The van der Waals surface area contributed by atoms with E-state index in [-0.39, 0.29) is 16.5 Å². The maximum atomic E-state index is 11.9. The van der Waals surface area contributed by atoms with Gasteiger partial charge >= 0.3 is 5.97 Å². The largest absolute Gasteiger partial charge is 0.476 e. The highest BCUT2D eigenvalue weighted by Gasteiger charge is 2.22. The fourth-order valence-corrected chi connectivity index (χ4v) is 4.80. The van der Waals surface area contributed by atoms with Crippen LogP contribution in [0.25, 0.3) is 27.0 Å². The van der Waals surface area contributed by atoms with Gasteiger partial charge in [0, 0.05) is 17.9 Å². The van der Waals surface area contributed by atoms with Gasteiger partial charge in [0.1, 0.15) is 10.7 Å². The highest BCUT2D eigenvalue weighted by atomic mass is 32.2. The summed E-state index contributed by atoms with van der Waals surface area (Å²) in [5, 5.41) is 23.3. The van der Waals surface area contributed by atoms with Gasteiger partial charge in [0.05, 0.1) is 10.6 Å². The molecule has 2 heterocycles. The minimum Gasteiger partial charge on any atom is -0.476 e. The van der Waals surface area contributed by atoms with Crippen LogP contribution in [0.3, 0.4) is 0 Å². The number of aromatic carboxylic acids is 1. The van der Waals surface area contributed by atoms with Crippen molar-refractivity contribution >= 4 is 27.1 Å². The van der Waals surface area contributed by atoms with Gasteiger partial charge in [0.15, 0.2) is 20.5 Å². The molecular formula is C22H20N4O4S2. The van der Waals surface area contributed by atoms with E-state index >= 15 is 0 Å². The Morgan fingerprint density at radius 3 is 2.44 bits per heavy atom. The van der Waals surface area contributed by atoms with Crippen molar-refractivity contribution in [2.45, 2.75) is 24.7 Å². The number of nitrogens with zero attached hydrogens (tertiary/aromatic N) is 4. The van der Waals surface area contributed by atoms with Gasteiger partial charge in [-0.2, -0.15) is 5.10 Å². The average Bonchev–Trinajstić information content (AvgIpc) is 3.40. The molecule has 4 rings (SSSR count). The van der Waals surface area contributed by atoms with Crippen molar-refractivity contribution in [3.63, 3.8) is 0 Å². The maximum Gasteiger partial charge on any atom is 0.356 e. The molecule has 1 N–H and O–H groups in total. The zero-order valence-electron chi connectivity index (χ0n) is 17.6. The smallest absolute Gasteiger partial charge is 0.356 e. The number of carboxylic acid groups (broad SMARTS) is 1. The topological polar surface area (TPSA) is 115 Å². The Kier molecular flexibility index (Phi) is 5.66. The van der Waals surface area contributed by atoms with Crippen molar-refractivity contribution in [1.29, 1.82) is 0 Å². The predicted molar refractivity (Wildman–Crippen MR) is 122 cm³/mol. The first-order valence-electron chi connectivity index (χ1n) is 9.72. The van der Waals surface area contributed by atoms with E-state index in [1.54, 1.807) is 22.9 Å². The van der Waals surface area contributed by atoms with Crippen molar-refractivity contribution in [2.75, 3.05) is 6.26 Å². The molecule has 8 nitrogen and oxygen atoms in total. The fraction of sp³-hybridized carbons (Fsp3) is 0.182. The first-order chi connectivity index (χ1) is 15.1. The Morgan fingerprint density at radius 1 is 1.03 bits per heavy atom. The van der Waals surface area contributed by atoms with Gasteiger partial charge in [-0.05, 0) is 29.7 Å². The summed E-state index contributed by atoms with van der Waals surface area (Å²) in [5.41, 5.74) is 2.79. The number of sulfone groups is 1. The Bertz CT molecular complexity index is 1420. The molecule has 0 radical (unpaired) electrons. The van der Waals surface area contributed by atoms with Crippen LogP contribution in [0.15, 0.2) is 59.5 Å². The van der Waals surface area contributed by atoms with E-state index in [1.807, 2.05) is 24.3 Å². The molecule has 0 fully saturated rings. The maximum absolute atomic E-state index is 11.9. The van der Waals surface area contributed by atoms with Gasteiger partial charge in [-0.15, -0.1) is 10.2 Å². The minimum absolute atomic E-state index is 0.102. The quantitative estimate of drug-likeness (QED) is 0.449. The lowest BCUT2D eigenvalue weighted by atomic mass is 10.0. The summed E-state index contributed by atoms with van der Waals surface area (Å²) in [6.07, 6.45) is 1.15. The number of hydrogen-bond donors (Lipinski definition) is 1. The third-order valence-corrected chi connectivity index (χ3v) is 6.97. The summed E-state index contributed by atoms with van der Waals surface area (Å²) in [5.74, 6) is -0.946. The van der Waals surface area contributed by atoms with Crippen LogP contribution in [0.2, 0.25) is 0 Å². The molecule has 0 unspecified atom stereocenters. The fourth-order valence-electron chi connectivity index (χ4n) is 3.29. The third kappa shape index (κ3) is 4.19. The lowest BCUT2D eigenvalue weighted by Crippen LogP contribution is -2.06. The number of hydrogen-bond acceptors (Lipinski definition) is 7. The van der Waals surface area contributed by atoms with Gasteiger partial charge in [0.2, 0.25) is 0 Å². The molecule has 2 aromatic carbocycles. The van der Waals surface area contributed by atoms with Crippen LogP contribution in [0.4, 0.5) is 0 Å². The van der Waals surface area contributed by atoms with E-state index in [2.05, 4.69) is 29.1 Å². The molecular weight excluding hydrogens is 448 g/mol. The summed E-state index contributed by atoms with van der Waals surface area (Å²) in [4.78, 5) is 11.8. The zero-order valence-corrected chi connectivity index (χ0v) is 19.2. The van der Waals surface area contributed by atoms with Crippen molar-refractivity contribution in [3.8, 4) is 27.0 Å². The van der Waals surface area contributed by atoms with Crippen molar-refractivity contribution in [2.24, 2.45) is 0 Å². The van der Waals surface area contributed by atoms with Crippen molar-refractivity contribution in [1.82, 2.24) is 20.0 Å². The summed E-state index contributed by atoms with van der Waals surface area (Å²) >= 11 is 1.24. The Morgan fingerprint density at radius 2 is 1.75 bits per heavy atom. The van der Waals surface area contributed by atoms with Crippen molar-refractivity contribution < 1.29 is 18.3 Å². The highest BCUT2D eigenvalue weighted by molar-refractivity contribution is 7.90. The van der Waals surface area contributed by atoms with Crippen LogP contribution >= 0.6 is 11.3 Å². The standard InChI is InChI=1S/C22H20N4O4S2/c1-13(2)16-9-4-5-10-18(16)26-19(12-17(25-26)22(27)28)21-24-23-20(31-21)14-7-6-8-15(11-14)32(3,29)30/h4-13H,1-3H3,(H,27,28). The summed E-state index contributed by atoms with van der Waals surface area (Å²) in [7, 11) is -3.36. The SMILES string of the molecule is CC(C)c1ccccc1-n1nc(C(=O)O)cc1-c1nnc(-c2cccc(S(C)(=O)=O)c2)s1. The summed E-state index contributed by atoms with van der Waals surface area (Å²) in [6, 6.07) is 15.6. The first-order valence-corrected chi connectivity index (χ1v) is 12.4. The van der Waals surface area contributed by atoms with Crippen LogP contribution in [-0.2, 0) is 9.84 Å². The minimum atomic E-state index is -3.36. The van der Waals surface area contributed by atoms with E-state index in [4.69, 9.17) is 0 Å². The molecule has 164 valence electrons. The van der Waals surface area contributed by atoms with E-state index in [1.165, 1.54) is 23.5 Å². The van der Waals surface area contributed by atoms with E-state index in [0.717, 1.165) is 17.5 Å². The molecule has 0 saturated heterocycles. The summed E-state index contributed by atoms with van der Waals surface area (Å²) < 4.78 is 25.4. The molecule has 0 bridgehead atoms. The number of para-hydroxylation sites is 1. The second kappa shape index (κ2) is 8.29. The lowest BCUT2D eigenvalue weighted by molar-refractivity contribution is 0.0690. The molecule has 0 atom stereocenters. The Balaban J connectivity index is 1.85. The van der Waals surface area contributed by atoms with Crippen LogP contribution < -0.4 is 0 Å². The molecule has 32 heavy (non-hydrogen) atoms. The van der Waals surface area contributed by atoms with Gasteiger partial charge in [-0.1, -0.05) is 55.5 Å². The molecule has 0 saturated carbocycles. The normalized spacial score (nSPS) is 11.8. The molecule has 0 spiro atoms. The van der Waals surface area contributed by atoms with Gasteiger partial charge in [0.25, 0.3) is 0 Å². The van der Waals surface area contributed by atoms with Crippen LogP contribution in [0.5, 0.6) is 0 Å². The number of aromatic nitrogens is 4. The molecule has 2 aromatic heterocycles. The van der Waals surface area contributed by atoms with Gasteiger partial charge in [-0.25, -0.2) is 17.9 Å². The number of carboxylic acids is 1. The number of rotatable bonds is 6. The Labute approximate surface area is 189 Å². The first kappa shape index (κ1) is 21.8. The van der Waals surface area contributed by atoms with Crippen LogP contribution in [0, 0.1) is 0 Å². The Hall–Kier alpha value is -3.37. The molecule has 0 aliphatic carbocycles. The number of carbonyl (C=O) groups is 1. The molecule has 0 amide bonds. The highest BCUT2D eigenvalue weighted by Crippen LogP contribution is 2.34. The average molecular weight is 469 g/mol. The third-order valence-electron chi connectivity index (χ3n) is 4.87. The second-order valence-corrected chi connectivity index (χ2v) is 10.6. The van der Waals surface area contributed by atoms with Gasteiger partial charge in [-0.3, -0.25) is 0 Å². The van der Waals surface area contributed by atoms with Gasteiger partial charge < -0.3 is 5.11 Å². The molecule has 10 heteroatoms. The second-order valence-electron chi connectivity index (χ2n) is 7.56. The lowest BCUT2D eigenvalue weighted by Gasteiger charge is -2.14. The van der Waals surface area contributed by atoms with E-state index in [0.29, 0.717) is 21.3 Å². The van der Waals surface area contributed by atoms with Crippen molar-refractivity contribution in [3.05, 3.63) is 65.9 Å². The van der Waals surface area contributed by atoms with Crippen LogP contribution in [0.1, 0.15) is 35.8 Å². The van der Waals surface area contributed by atoms with E-state index < -0.39 is 15.8 Å². The monoisotopic (exact) mass is 468 g/mol. The molecule has 4 aromatic rings. The molecule has 0 aliphatic heterocycles. The molecule has 0 aliphatic rings. The number of benzene rings is 2. The summed E-state index contributed by atoms with van der Waals surface area (Å²) in [6.45, 7) is 4.11. The van der Waals surface area contributed by atoms with Crippen LogP contribution in [-0.4, -0.2) is 45.7 Å².